The van der Waals surface area contributed by atoms with Gasteiger partial charge < -0.3 is 39.8 Å². The zero-order chi connectivity index (χ0) is 52.4. The van der Waals surface area contributed by atoms with Crippen molar-refractivity contribution < 1.29 is 59.0 Å². The van der Waals surface area contributed by atoms with Crippen molar-refractivity contribution in [3.05, 3.63) is 34.4 Å². The van der Waals surface area contributed by atoms with Crippen LogP contribution < -0.4 is 0 Å². The molecule has 8 atom stereocenters. The molecule has 0 aromatic heterocycles. The summed E-state index contributed by atoms with van der Waals surface area (Å²) in [5.74, 6) is -3.52. The van der Waals surface area contributed by atoms with E-state index in [9.17, 15) is 40.0 Å². The van der Waals surface area contributed by atoms with Crippen molar-refractivity contribution in [2.45, 2.75) is 235 Å². The van der Waals surface area contributed by atoms with Crippen LogP contribution in [-0.4, -0.2) is 138 Å². The van der Waals surface area contributed by atoms with E-state index >= 15 is 0 Å². The lowest BCUT2D eigenvalue weighted by atomic mass is 9.84. The minimum Gasteiger partial charge on any atom is -0.459 e. The maximum absolute atomic E-state index is 14.9. The third kappa shape index (κ3) is 13.3. The second kappa shape index (κ2) is 24.2. The van der Waals surface area contributed by atoms with Crippen LogP contribution in [0.3, 0.4) is 0 Å². The quantitative estimate of drug-likeness (QED) is 0.0900. The molecule has 4 fully saturated rings. The molecule has 0 aliphatic carbocycles. The van der Waals surface area contributed by atoms with E-state index in [1.807, 2.05) is 111 Å². The molecule has 0 amide bonds. The minimum atomic E-state index is -0.907. The fraction of sp³-hybridized carbons (Fsp3) is 0.815. The van der Waals surface area contributed by atoms with E-state index in [2.05, 4.69) is 0 Å². The van der Waals surface area contributed by atoms with E-state index in [0.29, 0.717) is 51.4 Å². The predicted octanol–water partition coefficient (Wildman–Crippen LogP) is 9.93. The molecule has 4 aliphatic rings. The van der Waals surface area contributed by atoms with E-state index in [1.165, 1.54) is 32.4 Å². The molecule has 5 rings (SSSR count). The van der Waals surface area contributed by atoms with Gasteiger partial charge in [-0.05, 0) is 59.5 Å². The molecule has 4 N–H and O–H groups in total. The second-order valence-electron chi connectivity index (χ2n) is 23.9. The van der Waals surface area contributed by atoms with Crippen molar-refractivity contribution >= 4 is 23.9 Å². The Morgan fingerprint density at radius 3 is 0.571 bits per heavy atom. The first-order valence-corrected chi connectivity index (χ1v) is 26.5. The van der Waals surface area contributed by atoms with Crippen LogP contribution in [0.5, 0.6) is 0 Å². The lowest BCUT2D eigenvalue weighted by Crippen LogP contribution is -2.54. The van der Waals surface area contributed by atoms with Crippen LogP contribution in [0.25, 0.3) is 0 Å². The number of hydroxylamine groups is 8. The molecule has 16 heteroatoms. The minimum absolute atomic E-state index is 0.0131. The summed E-state index contributed by atoms with van der Waals surface area (Å²) in [4.78, 5) is 59.5. The lowest BCUT2D eigenvalue weighted by Gasteiger charge is -2.44. The van der Waals surface area contributed by atoms with Crippen LogP contribution in [-0.2, 0) is 18.9 Å². The van der Waals surface area contributed by atoms with E-state index in [4.69, 9.17) is 18.9 Å². The van der Waals surface area contributed by atoms with Gasteiger partial charge in [0.15, 0.2) is 0 Å². The van der Waals surface area contributed by atoms with Crippen molar-refractivity contribution in [3.63, 3.8) is 0 Å². The molecule has 1 aromatic carbocycles. The summed E-state index contributed by atoms with van der Waals surface area (Å²) in [6.45, 7) is 31.8. The molecule has 16 nitrogen and oxygen atoms in total. The Morgan fingerprint density at radius 2 is 0.457 bits per heavy atom. The Bertz CT molecular complexity index is 1600. The van der Waals surface area contributed by atoms with Gasteiger partial charge in [0.25, 0.3) is 0 Å². The largest absolute Gasteiger partial charge is 0.459 e. The van der Waals surface area contributed by atoms with Gasteiger partial charge in [-0.1, -0.05) is 111 Å². The number of benzene rings is 1. The molecular weight excluding hydrogens is 897 g/mol. The molecular formula is C54H90N4O12. The van der Waals surface area contributed by atoms with Crippen molar-refractivity contribution in [2.24, 2.45) is 47.3 Å². The van der Waals surface area contributed by atoms with Gasteiger partial charge in [0.1, 0.15) is 24.4 Å². The summed E-state index contributed by atoms with van der Waals surface area (Å²) >= 11 is 0. The van der Waals surface area contributed by atoms with Crippen LogP contribution in [0.1, 0.15) is 204 Å². The highest BCUT2D eigenvalue weighted by Crippen LogP contribution is 2.38. The Kier molecular flexibility index (Phi) is 19.9. The second-order valence-corrected chi connectivity index (χ2v) is 23.9. The molecule has 70 heavy (non-hydrogen) atoms. The summed E-state index contributed by atoms with van der Waals surface area (Å²) in [7, 11) is 0. The molecule has 8 unspecified atom stereocenters. The third-order valence-corrected chi connectivity index (χ3v) is 16.0. The van der Waals surface area contributed by atoms with Gasteiger partial charge in [0.05, 0.1) is 22.3 Å². The molecule has 4 saturated heterocycles. The van der Waals surface area contributed by atoms with E-state index in [1.54, 1.807) is 0 Å². The summed E-state index contributed by atoms with van der Waals surface area (Å²) in [6.07, 6.45) is -0.169. The van der Waals surface area contributed by atoms with Crippen LogP contribution in [0.2, 0.25) is 0 Å². The van der Waals surface area contributed by atoms with Crippen molar-refractivity contribution in [2.75, 3.05) is 0 Å². The Labute approximate surface area is 418 Å². The van der Waals surface area contributed by atoms with Gasteiger partial charge in [0, 0.05) is 99.7 Å². The van der Waals surface area contributed by atoms with E-state index in [-0.39, 0.29) is 118 Å². The first kappa shape index (κ1) is 57.7. The number of hydrogen-bond donors (Lipinski definition) is 4. The number of rotatable bonds is 16. The zero-order valence-corrected chi connectivity index (χ0v) is 45.2. The lowest BCUT2D eigenvalue weighted by molar-refractivity contribution is -0.213. The van der Waals surface area contributed by atoms with Gasteiger partial charge in [0.2, 0.25) is 0 Å². The van der Waals surface area contributed by atoms with Gasteiger partial charge in [-0.3, -0.25) is 0 Å². The van der Waals surface area contributed by atoms with E-state index < -0.39 is 48.3 Å². The van der Waals surface area contributed by atoms with Gasteiger partial charge in [-0.2, -0.15) is 20.3 Å². The Balaban J connectivity index is 1.65. The molecule has 0 saturated carbocycles. The normalized spacial score (nSPS) is 31.1. The molecule has 1 aromatic rings. The van der Waals surface area contributed by atoms with E-state index in [0.717, 1.165) is 0 Å². The first-order valence-electron chi connectivity index (χ1n) is 26.5. The average molecular weight is 987 g/mol. The van der Waals surface area contributed by atoms with Gasteiger partial charge in [-0.25, -0.2) is 19.2 Å². The van der Waals surface area contributed by atoms with Crippen molar-refractivity contribution in [1.29, 1.82) is 0 Å². The third-order valence-electron chi connectivity index (χ3n) is 16.0. The van der Waals surface area contributed by atoms with Crippen molar-refractivity contribution in [3.8, 4) is 0 Å². The maximum atomic E-state index is 14.9. The van der Waals surface area contributed by atoms with Crippen LogP contribution >= 0.6 is 0 Å². The monoisotopic (exact) mass is 987 g/mol. The number of hydrogen-bond acceptors (Lipinski definition) is 16. The number of piperidine rings is 4. The molecule has 0 spiro atoms. The number of esters is 4. The fourth-order valence-corrected chi connectivity index (χ4v) is 11.5. The molecule has 4 aliphatic heterocycles. The number of carbonyl (C=O) groups is 4. The van der Waals surface area contributed by atoms with Crippen LogP contribution in [0, 0.1) is 47.3 Å². The Morgan fingerprint density at radius 1 is 0.329 bits per heavy atom. The summed E-state index contributed by atoms with van der Waals surface area (Å²) in [5.41, 5.74) is -1.16. The Hall–Kier alpha value is -3.22. The first-order chi connectivity index (χ1) is 32.6. The standard InChI is InChI=1S/C54H90N4O12/c1-27(2)43-17-35(18-44(28(3)4)55(43)63)67-51(59)39-25-41(53(61)69-37-21-47(31(9)10)57(65)48(22-37)32(11)12)42(54(62)70-38-23-49(33(13)14)58(66)50(24-38)34(15)16)26-40(39)52(60)68-36-19-45(29(5)6)56(64)46(20-36)30(7)8/h25-38,43-50,63-66H,17-24H2,1-16H3. The van der Waals surface area contributed by atoms with Gasteiger partial charge >= 0.3 is 23.9 Å². The highest BCUT2D eigenvalue weighted by Gasteiger charge is 2.45. The zero-order valence-electron chi connectivity index (χ0n) is 45.2. The van der Waals surface area contributed by atoms with Crippen molar-refractivity contribution in [1.82, 2.24) is 20.3 Å². The topological polar surface area (TPSA) is 199 Å². The molecule has 4 heterocycles. The van der Waals surface area contributed by atoms with Gasteiger partial charge in [-0.15, -0.1) is 0 Å². The van der Waals surface area contributed by atoms with Crippen LogP contribution in [0.15, 0.2) is 12.1 Å². The molecule has 0 bridgehead atoms. The molecule has 398 valence electrons. The van der Waals surface area contributed by atoms with Crippen LogP contribution in [0.4, 0.5) is 0 Å². The number of carbonyl (C=O) groups excluding carboxylic acids is 4. The maximum Gasteiger partial charge on any atom is 0.339 e. The number of nitrogens with zero attached hydrogens (tertiary/aromatic N) is 4. The predicted molar refractivity (Wildman–Crippen MR) is 264 cm³/mol. The highest BCUT2D eigenvalue weighted by atomic mass is 16.6. The highest BCUT2D eigenvalue weighted by molar-refractivity contribution is 6.10. The fourth-order valence-electron chi connectivity index (χ4n) is 11.5. The summed E-state index contributed by atoms with van der Waals surface area (Å²) in [6, 6.07) is -0.230. The smallest absolute Gasteiger partial charge is 0.339 e. The summed E-state index contributed by atoms with van der Waals surface area (Å²) in [5, 5.41) is 50.5. The number of ether oxygens (including phenoxy) is 4. The summed E-state index contributed by atoms with van der Waals surface area (Å²) < 4.78 is 25.2. The SMILES string of the molecule is CC(C)C1CC(OC(=O)c2cc(C(=O)OC3CC(C(C)C)N(O)C(C(C)C)C3)c(C(=O)OC3CC(C(C)C)N(O)C(C(C)C)C3)cc2C(=O)OC2CC(C(C)C)N(O)C(C(C)C)C2)CC(C(C)C)N1O. The molecule has 0 radical (unpaired) electrons. The average Bonchev–Trinajstić information content (AvgIpc) is 3.26.